The Kier molecular flexibility index (Phi) is 7.50. The molecule has 0 aromatic heterocycles. The van der Waals surface area contributed by atoms with Crippen molar-refractivity contribution < 1.29 is 19.1 Å². The lowest BCUT2D eigenvalue weighted by Crippen LogP contribution is -2.45. The van der Waals surface area contributed by atoms with Crippen LogP contribution in [-0.2, 0) is 9.59 Å². The molecule has 2 N–H and O–H groups in total. The Morgan fingerprint density at radius 1 is 0.889 bits per heavy atom. The summed E-state index contributed by atoms with van der Waals surface area (Å²) in [7, 11) is 0. The maximum atomic E-state index is 11.8. The molecular weight excluding hydrogens is 436 g/mol. The SMILES string of the molecule is Cc1cc(OCC(=O)NNC(=O)COc2cc(C)c(Cl)c(C)c2)ccc1Br. The van der Waals surface area contributed by atoms with Crippen LogP contribution < -0.4 is 20.3 Å². The third kappa shape index (κ3) is 6.45. The highest BCUT2D eigenvalue weighted by molar-refractivity contribution is 9.10. The third-order valence-electron chi connectivity index (χ3n) is 3.62. The zero-order chi connectivity index (χ0) is 20.0. The van der Waals surface area contributed by atoms with Gasteiger partial charge in [0.25, 0.3) is 11.8 Å². The average molecular weight is 456 g/mol. The molecule has 6 nitrogen and oxygen atoms in total. The van der Waals surface area contributed by atoms with Crippen molar-refractivity contribution in [1.82, 2.24) is 10.9 Å². The van der Waals surface area contributed by atoms with Crippen LogP contribution in [-0.4, -0.2) is 25.0 Å². The van der Waals surface area contributed by atoms with E-state index in [1.165, 1.54) is 0 Å². The number of aryl methyl sites for hydroxylation is 3. The summed E-state index contributed by atoms with van der Waals surface area (Å²) >= 11 is 9.48. The van der Waals surface area contributed by atoms with Crippen LogP contribution in [0.5, 0.6) is 11.5 Å². The molecule has 0 fully saturated rings. The number of rotatable bonds is 6. The van der Waals surface area contributed by atoms with E-state index in [0.29, 0.717) is 16.5 Å². The molecule has 0 radical (unpaired) electrons. The first kappa shape index (κ1) is 21.1. The van der Waals surface area contributed by atoms with Crippen LogP contribution in [0, 0.1) is 20.8 Å². The summed E-state index contributed by atoms with van der Waals surface area (Å²) in [5.74, 6) is 0.119. The first-order valence-electron chi connectivity index (χ1n) is 8.12. The van der Waals surface area contributed by atoms with Crippen LogP contribution in [0.4, 0.5) is 0 Å². The van der Waals surface area contributed by atoms with Crippen LogP contribution in [0.3, 0.4) is 0 Å². The fourth-order valence-electron chi connectivity index (χ4n) is 2.21. The van der Waals surface area contributed by atoms with Gasteiger partial charge in [0, 0.05) is 9.50 Å². The van der Waals surface area contributed by atoms with Crippen molar-refractivity contribution in [2.24, 2.45) is 0 Å². The first-order valence-corrected chi connectivity index (χ1v) is 9.29. The Morgan fingerprint density at radius 3 is 1.89 bits per heavy atom. The number of benzene rings is 2. The van der Waals surface area contributed by atoms with E-state index in [0.717, 1.165) is 21.2 Å². The molecule has 0 atom stereocenters. The fourth-order valence-corrected chi connectivity index (χ4v) is 2.56. The van der Waals surface area contributed by atoms with Crippen molar-refractivity contribution in [2.75, 3.05) is 13.2 Å². The second kappa shape index (κ2) is 9.62. The Labute approximate surface area is 171 Å². The summed E-state index contributed by atoms with van der Waals surface area (Å²) in [5.41, 5.74) is 7.26. The van der Waals surface area contributed by atoms with Gasteiger partial charge in [-0.1, -0.05) is 27.5 Å². The van der Waals surface area contributed by atoms with E-state index in [1.54, 1.807) is 24.3 Å². The quantitative estimate of drug-likeness (QED) is 0.652. The van der Waals surface area contributed by atoms with Gasteiger partial charge in [-0.2, -0.15) is 0 Å². The van der Waals surface area contributed by atoms with Gasteiger partial charge in [0.1, 0.15) is 11.5 Å². The summed E-state index contributed by atoms with van der Waals surface area (Å²) in [5, 5.41) is 0.667. The van der Waals surface area contributed by atoms with Gasteiger partial charge < -0.3 is 9.47 Å². The van der Waals surface area contributed by atoms with Gasteiger partial charge in [-0.3, -0.25) is 20.4 Å². The van der Waals surface area contributed by atoms with Gasteiger partial charge in [-0.05, 0) is 67.8 Å². The number of carbonyl (C=O) groups excluding carboxylic acids is 2. The second-order valence-corrected chi connectivity index (χ2v) is 7.19. The molecule has 0 aliphatic heterocycles. The molecule has 0 unspecified atom stereocenters. The zero-order valence-corrected chi connectivity index (χ0v) is 17.5. The highest BCUT2D eigenvalue weighted by Crippen LogP contribution is 2.25. The lowest BCUT2D eigenvalue weighted by molar-refractivity contribution is -0.131. The molecule has 27 heavy (non-hydrogen) atoms. The van der Waals surface area contributed by atoms with E-state index >= 15 is 0 Å². The molecular formula is C19H20BrClN2O4. The van der Waals surface area contributed by atoms with Crippen molar-refractivity contribution in [2.45, 2.75) is 20.8 Å². The lowest BCUT2D eigenvalue weighted by atomic mass is 10.1. The van der Waals surface area contributed by atoms with Crippen LogP contribution in [0.2, 0.25) is 5.02 Å². The number of ether oxygens (including phenoxy) is 2. The molecule has 0 spiro atoms. The van der Waals surface area contributed by atoms with E-state index in [1.807, 2.05) is 26.8 Å². The Hall–Kier alpha value is -2.25. The molecule has 8 heteroatoms. The van der Waals surface area contributed by atoms with Crippen LogP contribution >= 0.6 is 27.5 Å². The molecule has 0 bridgehead atoms. The molecule has 0 aliphatic carbocycles. The van der Waals surface area contributed by atoms with E-state index in [-0.39, 0.29) is 13.2 Å². The average Bonchev–Trinajstić information content (AvgIpc) is 2.63. The van der Waals surface area contributed by atoms with E-state index in [2.05, 4.69) is 26.8 Å². The van der Waals surface area contributed by atoms with Crippen molar-refractivity contribution in [3.63, 3.8) is 0 Å². The maximum absolute atomic E-state index is 11.8. The number of halogens is 2. The predicted octanol–water partition coefficient (Wildman–Crippen LogP) is 3.63. The molecule has 0 aliphatic rings. The van der Waals surface area contributed by atoms with Gasteiger partial charge >= 0.3 is 0 Å². The lowest BCUT2D eigenvalue weighted by Gasteiger charge is -2.11. The van der Waals surface area contributed by atoms with Gasteiger partial charge in [0.05, 0.1) is 0 Å². The normalized spacial score (nSPS) is 10.3. The molecule has 2 aromatic rings. The zero-order valence-electron chi connectivity index (χ0n) is 15.2. The Balaban J connectivity index is 1.73. The molecule has 2 rings (SSSR count). The number of hydrogen-bond acceptors (Lipinski definition) is 4. The number of hydrogen-bond donors (Lipinski definition) is 2. The van der Waals surface area contributed by atoms with Crippen molar-refractivity contribution in [3.05, 3.63) is 56.5 Å². The van der Waals surface area contributed by atoms with Crippen LogP contribution in [0.15, 0.2) is 34.8 Å². The topological polar surface area (TPSA) is 76.7 Å². The standard InChI is InChI=1S/C19H20BrClN2O4/c1-11-6-14(4-5-16(11)20)26-9-17(24)22-23-18(25)10-27-15-7-12(2)19(21)13(3)8-15/h4-8H,9-10H2,1-3H3,(H,22,24)(H,23,25). The van der Waals surface area contributed by atoms with E-state index in [9.17, 15) is 9.59 Å². The molecule has 0 heterocycles. The second-order valence-electron chi connectivity index (χ2n) is 5.96. The highest BCUT2D eigenvalue weighted by Gasteiger charge is 2.09. The smallest absolute Gasteiger partial charge is 0.276 e. The van der Waals surface area contributed by atoms with Crippen molar-refractivity contribution in [3.8, 4) is 11.5 Å². The van der Waals surface area contributed by atoms with E-state index in [4.69, 9.17) is 21.1 Å². The Bertz CT molecular complexity index is 835. The van der Waals surface area contributed by atoms with Gasteiger partial charge in [-0.15, -0.1) is 0 Å². The maximum Gasteiger partial charge on any atom is 0.276 e. The highest BCUT2D eigenvalue weighted by atomic mass is 79.9. The summed E-state index contributed by atoms with van der Waals surface area (Å²) in [6.07, 6.45) is 0. The minimum atomic E-state index is -0.493. The summed E-state index contributed by atoms with van der Waals surface area (Å²) in [4.78, 5) is 23.5. The number of amides is 2. The molecule has 0 saturated carbocycles. The van der Waals surface area contributed by atoms with Gasteiger partial charge in [-0.25, -0.2) is 0 Å². The van der Waals surface area contributed by atoms with E-state index < -0.39 is 11.8 Å². The number of nitrogens with one attached hydrogen (secondary N) is 2. The Morgan fingerprint density at radius 2 is 1.37 bits per heavy atom. The molecule has 144 valence electrons. The van der Waals surface area contributed by atoms with Gasteiger partial charge in [0.2, 0.25) is 0 Å². The monoisotopic (exact) mass is 454 g/mol. The summed E-state index contributed by atoms with van der Waals surface area (Å²) in [6, 6.07) is 8.87. The molecule has 2 aromatic carbocycles. The minimum Gasteiger partial charge on any atom is -0.484 e. The number of carbonyl (C=O) groups is 2. The number of hydrazine groups is 1. The van der Waals surface area contributed by atoms with Crippen LogP contribution in [0.1, 0.15) is 16.7 Å². The predicted molar refractivity (Wildman–Crippen MR) is 107 cm³/mol. The summed E-state index contributed by atoms with van der Waals surface area (Å²) in [6.45, 7) is 5.16. The molecule has 2 amide bonds. The van der Waals surface area contributed by atoms with Crippen molar-refractivity contribution in [1.29, 1.82) is 0 Å². The van der Waals surface area contributed by atoms with Crippen LogP contribution in [0.25, 0.3) is 0 Å². The minimum absolute atomic E-state index is 0.224. The summed E-state index contributed by atoms with van der Waals surface area (Å²) < 4.78 is 11.7. The fraction of sp³-hybridized carbons (Fsp3) is 0.263. The third-order valence-corrected chi connectivity index (χ3v) is 5.11. The largest absolute Gasteiger partial charge is 0.484 e. The first-order chi connectivity index (χ1) is 12.8. The molecule has 0 saturated heterocycles. The van der Waals surface area contributed by atoms with Crippen molar-refractivity contribution >= 4 is 39.3 Å². The van der Waals surface area contributed by atoms with Gasteiger partial charge in [0.15, 0.2) is 13.2 Å².